The predicted octanol–water partition coefficient (Wildman–Crippen LogP) is 3.38. The van der Waals surface area contributed by atoms with Crippen LogP contribution in [0.4, 0.5) is 10.1 Å². The molecular weight excluding hydrogens is 351 g/mol. The monoisotopic (exact) mass is 356 g/mol. The molecule has 0 bridgehead atoms. The van der Waals surface area contributed by atoms with E-state index in [-0.39, 0.29) is 16.1 Å². The van der Waals surface area contributed by atoms with Crippen LogP contribution in [0.5, 0.6) is 11.6 Å². The van der Waals surface area contributed by atoms with Crippen molar-refractivity contribution in [3.63, 3.8) is 0 Å². The van der Waals surface area contributed by atoms with Crippen LogP contribution in [0.1, 0.15) is 10.4 Å². The lowest BCUT2D eigenvalue weighted by Crippen LogP contribution is -2.04. The van der Waals surface area contributed by atoms with E-state index in [0.717, 1.165) is 24.4 Å². The number of ether oxygens (including phenoxy) is 1. The molecule has 0 aliphatic heterocycles. The quantitative estimate of drug-likeness (QED) is 0.665. The molecule has 0 unspecified atom stereocenters. The average molecular weight is 357 g/mol. The van der Waals surface area contributed by atoms with Gasteiger partial charge in [0.05, 0.1) is 9.40 Å². The summed E-state index contributed by atoms with van der Waals surface area (Å²) >= 11 is 3.06. The average Bonchev–Trinajstić information content (AvgIpc) is 2.41. The van der Waals surface area contributed by atoms with Crippen molar-refractivity contribution in [2.45, 2.75) is 0 Å². The fourth-order valence-electron chi connectivity index (χ4n) is 1.44. The Morgan fingerprint density at radius 3 is 2.71 bits per heavy atom. The van der Waals surface area contributed by atoms with E-state index in [2.05, 4.69) is 20.9 Å². The fraction of sp³-hybridized carbons (Fsp3) is 0. The van der Waals surface area contributed by atoms with Gasteiger partial charge in [-0.15, -0.1) is 0 Å². The van der Waals surface area contributed by atoms with E-state index in [4.69, 9.17) is 9.84 Å². The van der Waals surface area contributed by atoms with Crippen molar-refractivity contribution in [3.05, 3.63) is 56.4 Å². The van der Waals surface area contributed by atoms with E-state index < -0.39 is 28.0 Å². The van der Waals surface area contributed by atoms with Crippen molar-refractivity contribution in [2.24, 2.45) is 0 Å². The largest absolute Gasteiger partial charge is 0.477 e. The Bertz CT molecular complexity index is 738. The Kier molecular flexibility index (Phi) is 4.13. The van der Waals surface area contributed by atoms with Gasteiger partial charge in [-0.1, -0.05) is 0 Å². The molecule has 0 saturated heterocycles. The third kappa shape index (κ3) is 3.31. The van der Waals surface area contributed by atoms with Gasteiger partial charge < -0.3 is 9.84 Å². The summed E-state index contributed by atoms with van der Waals surface area (Å²) < 4.78 is 18.5. The maximum absolute atomic E-state index is 13.0. The van der Waals surface area contributed by atoms with E-state index in [9.17, 15) is 19.3 Å². The highest BCUT2D eigenvalue weighted by Gasteiger charge is 2.20. The lowest BCUT2D eigenvalue weighted by molar-refractivity contribution is -0.385. The van der Waals surface area contributed by atoms with Crippen LogP contribution >= 0.6 is 15.9 Å². The molecule has 1 N–H and O–H groups in total. The van der Waals surface area contributed by atoms with Crippen molar-refractivity contribution >= 4 is 27.6 Å². The van der Waals surface area contributed by atoms with Gasteiger partial charge >= 0.3 is 5.97 Å². The number of carboxylic acids is 1. The molecule has 0 amide bonds. The molecule has 0 fully saturated rings. The number of rotatable bonds is 4. The van der Waals surface area contributed by atoms with Crippen LogP contribution in [0, 0.1) is 15.9 Å². The summed E-state index contributed by atoms with van der Waals surface area (Å²) in [6, 6.07) is 4.35. The van der Waals surface area contributed by atoms with Crippen molar-refractivity contribution < 1.29 is 24.0 Å². The zero-order chi connectivity index (χ0) is 15.6. The van der Waals surface area contributed by atoms with Crippen LogP contribution in [0.2, 0.25) is 0 Å². The Morgan fingerprint density at radius 1 is 1.43 bits per heavy atom. The second-order valence-electron chi connectivity index (χ2n) is 3.79. The summed E-state index contributed by atoms with van der Waals surface area (Å²) in [6.45, 7) is 0. The minimum absolute atomic E-state index is 0.125. The van der Waals surface area contributed by atoms with Crippen molar-refractivity contribution in [2.75, 3.05) is 0 Å². The molecule has 0 aliphatic rings. The molecule has 0 spiro atoms. The number of pyridine rings is 1. The summed E-state index contributed by atoms with van der Waals surface area (Å²) in [7, 11) is 0. The van der Waals surface area contributed by atoms with E-state index in [1.807, 2.05) is 0 Å². The Balaban J connectivity index is 2.44. The first-order valence-electron chi connectivity index (χ1n) is 5.39. The first kappa shape index (κ1) is 14.9. The van der Waals surface area contributed by atoms with Gasteiger partial charge in [0, 0.05) is 6.07 Å². The van der Waals surface area contributed by atoms with Crippen LogP contribution in [-0.4, -0.2) is 21.0 Å². The van der Waals surface area contributed by atoms with Gasteiger partial charge in [0.1, 0.15) is 23.3 Å². The van der Waals surface area contributed by atoms with Gasteiger partial charge in [0.25, 0.3) is 5.69 Å². The number of nitro groups is 1. The van der Waals surface area contributed by atoms with Crippen LogP contribution in [-0.2, 0) is 0 Å². The highest BCUT2D eigenvalue weighted by molar-refractivity contribution is 9.10. The number of benzene rings is 1. The van der Waals surface area contributed by atoms with E-state index in [0.29, 0.717) is 0 Å². The number of aromatic carboxylic acids is 1. The highest BCUT2D eigenvalue weighted by Crippen LogP contribution is 2.31. The fourth-order valence-corrected chi connectivity index (χ4v) is 1.87. The minimum Gasteiger partial charge on any atom is -0.477 e. The number of hydrogen-bond donors (Lipinski definition) is 1. The number of halogens is 2. The molecule has 9 heteroatoms. The summed E-state index contributed by atoms with van der Waals surface area (Å²) in [4.78, 5) is 24.6. The predicted molar refractivity (Wildman–Crippen MR) is 72.0 cm³/mol. The van der Waals surface area contributed by atoms with Crippen LogP contribution < -0.4 is 4.74 Å². The molecule has 0 radical (unpaired) electrons. The van der Waals surface area contributed by atoms with Crippen molar-refractivity contribution in [1.29, 1.82) is 0 Å². The highest BCUT2D eigenvalue weighted by atomic mass is 79.9. The topological polar surface area (TPSA) is 103 Å². The third-order valence-electron chi connectivity index (χ3n) is 2.38. The van der Waals surface area contributed by atoms with Crippen LogP contribution in [0.25, 0.3) is 0 Å². The van der Waals surface area contributed by atoms with E-state index >= 15 is 0 Å². The van der Waals surface area contributed by atoms with Crippen LogP contribution in [0.15, 0.2) is 34.9 Å². The van der Waals surface area contributed by atoms with Crippen molar-refractivity contribution in [3.8, 4) is 11.6 Å². The lowest BCUT2D eigenvalue weighted by atomic mass is 10.2. The molecule has 0 atom stereocenters. The summed E-state index contributed by atoms with van der Waals surface area (Å²) in [5.41, 5.74) is -0.946. The van der Waals surface area contributed by atoms with E-state index in [1.165, 1.54) is 6.07 Å². The SMILES string of the molecule is O=C(O)c1cc([N+](=O)[O-])cnc1Oc1ccc(F)cc1Br. The Morgan fingerprint density at radius 2 is 2.14 bits per heavy atom. The molecule has 1 aromatic heterocycles. The number of carbonyl (C=O) groups is 1. The van der Waals surface area contributed by atoms with Gasteiger partial charge in [0.2, 0.25) is 5.88 Å². The van der Waals surface area contributed by atoms with Gasteiger partial charge in [-0.25, -0.2) is 14.2 Å². The maximum atomic E-state index is 13.0. The minimum atomic E-state index is -1.43. The summed E-state index contributed by atoms with van der Waals surface area (Å²) in [5.74, 6) is -2.15. The molecule has 1 aromatic carbocycles. The molecule has 0 saturated carbocycles. The van der Waals surface area contributed by atoms with Crippen molar-refractivity contribution in [1.82, 2.24) is 4.98 Å². The maximum Gasteiger partial charge on any atom is 0.341 e. The molecule has 21 heavy (non-hydrogen) atoms. The number of nitrogens with zero attached hydrogens (tertiary/aromatic N) is 2. The second kappa shape index (κ2) is 5.83. The number of aromatic nitrogens is 1. The number of hydrogen-bond acceptors (Lipinski definition) is 5. The third-order valence-corrected chi connectivity index (χ3v) is 3.00. The molecule has 7 nitrogen and oxygen atoms in total. The Labute approximate surface area is 125 Å². The van der Waals surface area contributed by atoms with Gasteiger partial charge in [-0.2, -0.15) is 0 Å². The molecule has 108 valence electrons. The van der Waals surface area contributed by atoms with E-state index in [1.54, 1.807) is 0 Å². The molecule has 2 rings (SSSR count). The smallest absolute Gasteiger partial charge is 0.341 e. The normalized spacial score (nSPS) is 10.2. The summed E-state index contributed by atoms with van der Waals surface area (Å²) in [6.07, 6.45) is 0.874. The molecule has 2 aromatic rings. The molecule has 0 aliphatic carbocycles. The Hall–Kier alpha value is -2.55. The summed E-state index contributed by atoms with van der Waals surface area (Å²) in [5, 5.41) is 19.7. The first-order valence-corrected chi connectivity index (χ1v) is 6.18. The zero-order valence-corrected chi connectivity index (χ0v) is 11.7. The first-order chi connectivity index (χ1) is 9.88. The van der Waals surface area contributed by atoms with Gasteiger partial charge in [-0.3, -0.25) is 10.1 Å². The molecule has 1 heterocycles. The van der Waals surface area contributed by atoms with Gasteiger partial charge in [0.15, 0.2) is 0 Å². The standard InChI is InChI=1S/C12H6BrFN2O5/c13-9-3-6(14)1-2-10(9)21-11-8(12(17)18)4-7(5-15-11)16(19)20/h1-5H,(H,17,18). The second-order valence-corrected chi connectivity index (χ2v) is 4.64. The lowest BCUT2D eigenvalue weighted by Gasteiger charge is -2.08. The number of carboxylic acid groups (broad SMARTS) is 1. The molecular formula is C12H6BrFN2O5. The van der Waals surface area contributed by atoms with Crippen LogP contribution in [0.3, 0.4) is 0 Å². The van der Waals surface area contributed by atoms with Gasteiger partial charge in [-0.05, 0) is 34.1 Å². The zero-order valence-electron chi connectivity index (χ0n) is 10.1.